The Balaban J connectivity index is 2.32. The molecule has 6 heteroatoms. The largest absolute Gasteiger partial charge is 0.410 e. The van der Waals surface area contributed by atoms with Crippen molar-refractivity contribution in [3.63, 3.8) is 0 Å². The molecule has 0 spiro atoms. The zero-order valence-electron chi connectivity index (χ0n) is 16.2. The van der Waals surface area contributed by atoms with Crippen LogP contribution in [0.15, 0.2) is 36.9 Å². The first-order chi connectivity index (χ1) is 11.5. The molecule has 0 radical (unpaired) electrons. The molecule has 0 N–H and O–H groups in total. The number of rotatable bonds is 7. The fourth-order valence-corrected chi connectivity index (χ4v) is 4.86. The second-order valence-electron chi connectivity index (χ2n) is 8.68. The number of aryl methyl sites for hydroxylation is 1. The maximum Gasteiger partial charge on any atom is 0.184 e. The molecule has 0 aliphatic rings. The summed E-state index contributed by atoms with van der Waals surface area (Å²) in [6, 6.07) is 8.10. The van der Waals surface area contributed by atoms with Crippen molar-refractivity contribution in [2.24, 2.45) is 5.41 Å². The number of hydrogen-bond acceptors (Lipinski definition) is 3. The molecule has 0 fully saturated rings. The Morgan fingerprint density at radius 3 is 2.24 bits per heavy atom. The molecule has 0 aliphatic carbocycles. The Hall–Kier alpha value is -1.17. The van der Waals surface area contributed by atoms with Crippen LogP contribution >= 0.6 is 11.6 Å². The molecule has 1 unspecified atom stereocenters. The molecule has 2 aromatic rings. The van der Waals surface area contributed by atoms with Crippen molar-refractivity contribution in [1.29, 1.82) is 0 Å². The van der Waals surface area contributed by atoms with E-state index in [-0.39, 0.29) is 11.0 Å². The molecule has 138 valence electrons. The van der Waals surface area contributed by atoms with Crippen LogP contribution in [0, 0.1) is 5.41 Å². The third-order valence-electron chi connectivity index (χ3n) is 4.48. The van der Waals surface area contributed by atoms with Crippen molar-refractivity contribution in [2.75, 3.05) is 0 Å². The summed E-state index contributed by atoms with van der Waals surface area (Å²) in [6.45, 7) is 14.2. The van der Waals surface area contributed by atoms with Crippen molar-refractivity contribution in [3.8, 4) is 0 Å². The minimum atomic E-state index is -1.77. The van der Waals surface area contributed by atoms with Crippen LogP contribution in [-0.2, 0) is 17.4 Å². The van der Waals surface area contributed by atoms with E-state index < -0.39 is 8.32 Å². The predicted molar refractivity (Wildman–Crippen MR) is 106 cm³/mol. The van der Waals surface area contributed by atoms with Gasteiger partial charge in [-0.1, -0.05) is 44.5 Å². The Kier molecular flexibility index (Phi) is 6.12. The van der Waals surface area contributed by atoms with Gasteiger partial charge in [-0.2, -0.15) is 5.10 Å². The van der Waals surface area contributed by atoms with Crippen LogP contribution in [0.2, 0.25) is 24.7 Å². The number of halogens is 1. The highest BCUT2D eigenvalue weighted by molar-refractivity contribution is 6.69. The first-order valence-electron chi connectivity index (χ1n) is 8.78. The zero-order valence-corrected chi connectivity index (χ0v) is 18.0. The average Bonchev–Trinajstić information content (AvgIpc) is 2.96. The molecule has 4 nitrogen and oxygen atoms in total. The molecule has 1 atom stereocenters. The van der Waals surface area contributed by atoms with E-state index >= 15 is 0 Å². The summed E-state index contributed by atoms with van der Waals surface area (Å²) in [5.74, 6) is 0. The van der Waals surface area contributed by atoms with Crippen molar-refractivity contribution < 1.29 is 4.43 Å². The Labute approximate surface area is 157 Å². The van der Waals surface area contributed by atoms with Crippen molar-refractivity contribution in [1.82, 2.24) is 14.8 Å². The Bertz CT molecular complexity index is 659. The maximum absolute atomic E-state index is 6.83. The highest BCUT2D eigenvalue weighted by Crippen LogP contribution is 2.41. The molecule has 1 aromatic carbocycles. The number of benzene rings is 1. The monoisotopic (exact) mass is 379 g/mol. The predicted octanol–water partition coefficient (Wildman–Crippen LogP) is 5.20. The van der Waals surface area contributed by atoms with Gasteiger partial charge in [0, 0.05) is 5.02 Å². The molecule has 0 bridgehead atoms. The van der Waals surface area contributed by atoms with E-state index in [0.717, 1.165) is 17.9 Å². The fourth-order valence-electron chi connectivity index (χ4n) is 3.09. The molecule has 1 aromatic heterocycles. The van der Waals surface area contributed by atoms with E-state index in [1.807, 2.05) is 16.8 Å². The summed E-state index contributed by atoms with van der Waals surface area (Å²) in [5, 5.41) is 5.10. The Morgan fingerprint density at radius 2 is 1.76 bits per heavy atom. The fraction of sp³-hybridized carbons (Fsp3) is 0.579. The highest BCUT2D eigenvalue weighted by Gasteiger charge is 2.46. The van der Waals surface area contributed by atoms with Crippen LogP contribution in [-0.4, -0.2) is 28.7 Å². The Morgan fingerprint density at radius 1 is 1.12 bits per heavy atom. The topological polar surface area (TPSA) is 39.9 Å². The second-order valence-corrected chi connectivity index (χ2v) is 13.5. The van der Waals surface area contributed by atoms with Crippen molar-refractivity contribution >= 4 is 19.9 Å². The maximum atomic E-state index is 6.83. The molecule has 25 heavy (non-hydrogen) atoms. The van der Waals surface area contributed by atoms with E-state index in [1.54, 1.807) is 12.7 Å². The molecule has 0 amide bonds. The van der Waals surface area contributed by atoms with Crippen molar-refractivity contribution in [3.05, 3.63) is 47.5 Å². The summed E-state index contributed by atoms with van der Waals surface area (Å²) in [4.78, 5) is 4.11. The van der Waals surface area contributed by atoms with E-state index in [2.05, 4.69) is 62.6 Å². The molecular weight excluding hydrogens is 350 g/mol. The minimum Gasteiger partial charge on any atom is -0.410 e. The van der Waals surface area contributed by atoms with Gasteiger partial charge in [-0.05, 0) is 55.6 Å². The number of nitrogens with zero attached hydrogens (tertiary/aromatic N) is 3. The van der Waals surface area contributed by atoms with Gasteiger partial charge in [0.2, 0.25) is 0 Å². The van der Waals surface area contributed by atoms with Crippen LogP contribution in [0.3, 0.4) is 0 Å². The third-order valence-corrected chi connectivity index (χ3v) is 5.74. The third kappa shape index (κ3) is 5.66. The van der Waals surface area contributed by atoms with Gasteiger partial charge < -0.3 is 4.43 Å². The van der Waals surface area contributed by atoms with E-state index in [4.69, 9.17) is 16.0 Å². The molecule has 0 saturated carbocycles. The standard InChI is InChI=1S/C19H30ClN3OSi/c1-18(2,3)19(24-25(4,5)6,13-23-15-21-14-22-23)12-11-16-7-9-17(20)10-8-16/h7-10,14-15H,11-13H2,1-6H3. The van der Waals surface area contributed by atoms with Gasteiger partial charge in [0.1, 0.15) is 12.7 Å². The smallest absolute Gasteiger partial charge is 0.184 e. The van der Waals surface area contributed by atoms with Gasteiger partial charge in [0.15, 0.2) is 8.32 Å². The van der Waals surface area contributed by atoms with Gasteiger partial charge in [-0.25, -0.2) is 4.98 Å². The summed E-state index contributed by atoms with van der Waals surface area (Å²) in [5.41, 5.74) is 0.923. The van der Waals surface area contributed by atoms with E-state index in [9.17, 15) is 0 Å². The van der Waals surface area contributed by atoms with Gasteiger partial charge in [0.25, 0.3) is 0 Å². The molecule has 0 saturated heterocycles. The van der Waals surface area contributed by atoms with Gasteiger partial charge in [-0.15, -0.1) is 0 Å². The van der Waals surface area contributed by atoms with Crippen molar-refractivity contribution in [2.45, 2.75) is 65.4 Å². The lowest BCUT2D eigenvalue weighted by Gasteiger charge is -2.48. The van der Waals surface area contributed by atoms with Gasteiger partial charge in [0.05, 0.1) is 12.1 Å². The second kappa shape index (κ2) is 7.60. The van der Waals surface area contributed by atoms with Crippen LogP contribution in [0.1, 0.15) is 32.8 Å². The van der Waals surface area contributed by atoms with Crippen LogP contribution < -0.4 is 0 Å². The molecule has 0 aliphatic heterocycles. The van der Waals surface area contributed by atoms with E-state index in [1.165, 1.54) is 5.56 Å². The summed E-state index contributed by atoms with van der Waals surface area (Å²) in [7, 11) is -1.77. The zero-order chi connectivity index (χ0) is 18.7. The summed E-state index contributed by atoms with van der Waals surface area (Å²) in [6.07, 6.45) is 5.22. The lowest BCUT2D eigenvalue weighted by atomic mass is 9.73. The average molecular weight is 380 g/mol. The number of hydrogen-bond donors (Lipinski definition) is 0. The van der Waals surface area contributed by atoms with Crippen LogP contribution in [0.4, 0.5) is 0 Å². The van der Waals surface area contributed by atoms with E-state index in [0.29, 0.717) is 6.54 Å². The SMILES string of the molecule is CC(C)(C)C(CCc1ccc(Cl)cc1)(Cn1cncn1)O[Si](C)(C)C. The molecule has 1 heterocycles. The van der Waals surface area contributed by atoms with Crippen LogP contribution in [0.5, 0.6) is 0 Å². The van der Waals surface area contributed by atoms with Gasteiger partial charge >= 0.3 is 0 Å². The molecular formula is C19H30ClN3OSi. The highest BCUT2D eigenvalue weighted by atomic mass is 35.5. The first-order valence-corrected chi connectivity index (χ1v) is 12.6. The molecule has 2 rings (SSSR count). The normalized spacial score (nSPS) is 15.2. The summed E-state index contributed by atoms with van der Waals surface area (Å²) < 4.78 is 8.73. The minimum absolute atomic E-state index is 0.0361. The lowest BCUT2D eigenvalue weighted by Crippen LogP contribution is -2.54. The quantitative estimate of drug-likeness (QED) is 0.620. The van der Waals surface area contributed by atoms with Crippen LogP contribution in [0.25, 0.3) is 0 Å². The lowest BCUT2D eigenvalue weighted by molar-refractivity contribution is -0.0632. The number of aromatic nitrogens is 3. The first kappa shape index (κ1) is 20.1. The summed E-state index contributed by atoms with van der Waals surface area (Å²) >= 11 is 6.02. The van der Waals surface area contributed by atoms with Gasteiger partial charge in [-0.3, -0.25) is 4.68 Å².